The smallest absolute Gasteiger partial charge is 0.242 e. The van der Waals surface area contributed by atoms with Crippen molar-refractivity contribution in [2.45, 2.75) is 26.4 Å². The number of amides is 1. The summed E-state index contributed by atoms with van der Waals surface area (Å²) in [6, 6.07) is 8.08. The Labute approximate surface area is 163 Å². The number of morpholine rings is 1. The minimum absolute atomic E-state index is 0.0755. The van der Waals surface area contributed by atoms with Crippen molar-refractivity contribution >= 4 is 22.8 Å². The topological polar surface area (TPSA) is 85.2 Å². The average molecular weight is 380 g/mol. The van der Waals surface area contributed by atoms with Gasteiger partial charge in [0.05, 0.1) is 30.8 Å². The van der Waals surface area contributed by atoms with Gasteiger partial charge in [-0.05, 0) is 19.4 Å². The fourth-order valence-corrected chi connectivity index (χ4v) is 3.39. The first kappa shape index (κ1) is 18.4. The first-order valence-corrected chi connectivity index (χ1v) is 9.47. The van der Waals surface area contributed by atoms with Crippen molar-refractivity contribution in [2.24, 2.45) is 0 Å². The molecule has 3 aromatic rings. The molecule has 1 aromatic carbocycles. The molecule has 0 aliphatic carbocycles. The van der Waals surface area contributed by atoms with Gasteiger partial charge in [0.2, 0.25) is 5.91 Å². The summed E-state index contributed by atoms with van der Waals surface area (Å²) < 4.78 is 7.04. The molecular weight excluding hydrogens is 356 g/mol. The zero-order chi connectivity index (χ0) is 19.5. The fraction of sp³-hybridized carbons (Fsp3) is 0.400. The van der Waals surface area contributed by atoms with E-state index >= 15 is 0 Å². The number of fused-ring (bicyclic) bond motifs is 1. The van der Waals surface area contributed by atoms with Crippen LogP contribution >= 0.6 is 0 Å². The number of aryl methyl sites for hydroxylation is 1. The summed E-state index contributed by atoms with van der Waals surface area (Å²) in [4.78, 5) is 23.5. The number of hydrogen-bond donors (Lipinski definition) is 1. The number of nitrogens with one attached hydrogen (secondary N) is 1. The maximum absolute atomic E-state index is 12.5. The maximum atomic E-state index is 12.5. The highest BCUT2D eigenvalue weighted by Gasteiger charge is 2.19. The largest absolute Gasteiger partial charge is 0.378 e. The maximum Gasteiger partial charge on any atom is 0.242 e. The van der Waals surface area contributed by atoms with Gasteiger partial charge in [0, 0.05) is 13.1 Å². The lowest BCUT2D eigenvalue weighted by atomic mass is 10.1. The molecular formula is C20H24N6O2. The van der Waals surface area contributed by atoms with Crippen LogP contribution in [0, 0.1) is 6.92 Å². The Morgan fingerprint density at radius 3 is 2.71 bits per heavy atom. The molecule has 0 radical (unpaired) electrons. The number of aromatic nitrogens is 4. The van der Waals surface area contributed by atoms with Gasteiger partial charge in [0.1, 0.15) is 18.7 Å². The van der Waals surface area contributed by atoms with Gasteiger partial charge in [-0.2, -0.15) is 5.10 Å². The normalized spacial score (nSPS) is 15.6. The number of rotatable bonds is 5. The van der Waals surface area contributed by atoms with Gasteiger partial charge in [-0.1, -0.05) is 29.8 Å². The van der Waals surface area contributed by atoms with E-state index in [4.69, 9.17) is 4.74 Å². The standard InChI is InChI=1S/C20H24N6O2/c1-14-3-5-16(6-4-14)15(2)24-18(27)12-26-20-17(11-23-26)19(21-13-22-20)25-7-9-28-10-8-25/h3-6,11,13,15H,7-10,12H2,1-2H3,(H,24,27). The molecule has 1 unspecified atom stereocenters. The van der Waals surface area contributed by atoms with Gasteiger partial charge >= 0.3 is 0 Å². The van der Waals surface area contributed by atoms with Crippen LogP contribution in [0.4, 0.5) is 5.82 Å². The van der Waals surface area contributed by atoms with E-state index in [0.717, 1.165) is 29.9 Å². The molecule has 1 saturated heterocycles. The van der Waals surface area contributed by atoms with Gasteiger partial charge in [0.15, 0.2) is 5.65 Å². The minimum atomic E-state index is -0.107. The lowest BCUT2D eigenvalue weighted by molar-refractivity contribution is -0.122. The summed E-state index contributed by atoms with van der Waals surface area (Å²) >= 11 is 0. The van der Waals surface area contributed by atoms with E-state index < -0.39 is 0 Å². The molecule has 8 nitrogen and oxygen atoms in total. The van der Waals surface area contributed by atoms with E-state index in [1.165, 1.54) is 11.9 Å². The SMILES string of the molecule is Cc1ccc(C(C)NC(=O)Cn2ncc3c(N4CCOCC4)ncnc32)cc1. The van der Waals surface area contributed by atoms with E-state index in [2.05, 4.69) is 25.3 Å². The Morgan fingerprint density at radius 2 is 1.96 bits per heavy atom. The molecule has 0 saturated carbocycles. The first-order chi connectivity index (χ1) is 13.6. The first-order valence-electron chi connectivity index (χ1n) is 9.47. The van der Waals surface area contributed by atoms with Gasteiger partial charge in [0.25, 0.3) is 0 Å². The van der Waals surface area contributed by atoms with Crippen molar-refractivity contribution in [3.8, 4) is 0 Å². The number of carbonyl (C=O) groups is 1. The number of anilines is 1. The highest BCUT2D eigenvalue weighted by Crippen LogP contribution is 2.23. The molecule has 0 spiro atoms. The van der Waals surface area contributed by atoms with Crippen molar-refractivity contribution in [2.75, 3.05) is 31.2 Å². The predicted octanol–water partition coefficient (Wildman–Crippen LogP) is 1.85. The summed E-state index contributed by atoms with van der Waals surface area (Å²) in [7, 11) is 0. The highest BCUT2D eigenvalue weighted by molar-refractivity contribution is 5.88. The number of carbonyl (C=O) groups excluding carboxylic acids is 1. The van der Waals surface area contributed by atoms with E-state index in [9.17, 15) is 4.79 Å². The number of benzene rings is 1. The van der Waals surface area contributed by atoms with Gasteiger partial charge in [-0.25, -0.2) is 14.6 Å². The summed E-state index contributed by atoms with van der Waals surface area (Å²) in [5.41, 5.74) is 2.93. The second-order valence-electron chi connectivity index (χ2n) is 7.04. The summed E-state index contributed by atoms with van der Waals surface area (Å²) in [5, 5.41) is 8.26. The summed E-state index contributed by atoms with van der Waals surface area (Å²) in [5.74, 6) is 0.734. The van der Waals surface area contributed by atoms with Crippen molar-refractivity contribution < 1.29 is 9.53 Å². The number of hydrogen-bond acceptors (Lipinski definition) is 6. The molecule has 2 aromatic heterocycles. The monoisotopic (exact) mass is 380 g/mol. The molecule has 1 N–H and O–H groups in total. The average Bonchev–Trinajstić information content (AvgIpc) is 3.12. The minimum Gasteiger partial charge on any atom is -0.378 e. The highest BCUT2D eigenvalue weighted by atomic mass is 16.5. The molecule has 1 amide bonds. The van der Waals surface area contributed by atoms with E-state index in [1.807, 2.05) is 38.1 Å². The molecule has 8 heteroatoms. The van der Waals surface area contributed by atoms with Crippen LogP contribution in [-0.4, -0.2) is 52.0 Å². The second kappa shape index (κ2) is 7.93. The molecule has 28 heavy (non-hydrogen) atoms. The van der Waals surface area contributed by atoms with Crippen LogP contribution in [0.15, 0.2) is 36.8 Å². The Hall–Kier alpha value is -3.00. The van der Waals surface area contributed by atoms with Crippen LogP contribution in [0.3, 0.4) is 0 Å². The molecule has 3 heterocycles. The zero-order valence-corrected chi connectivity index (χ0v) is 16.1. The van der Waals surface area contributed by atoms with Crippen LogP contribution in [0.2, 0.25) is 0 Å². The molecule has 1 aliphatic heterocycles. The quantitative estimate of drug-likeness (QED) is 0.727. The zero-order valence-electron chi connectivity index (χ0n) is 16.1. The van der Waals surface area contributed by atoms with E-state index in [1.54, 1.807) is 10.9 Å². The molecule has 1 fully saturated rings. The van der Waals surface area contributed by atoms with Gasteiger partial charge in [-0.3, -0.25) is 4.79 Å². The number of ether oxygens (including phenoxy) is 1. The lowest BCUT2D eigenvalue weighted by Gasteiger charge is -2.27. The third kappa shape index (κ3) is 3.82. The van der Waals surface area contributed by atoms with Crippen molar-refractivity contribution in [1.82, 2.24) is 25.1 Å². The molecule has 4 rings (SSSR count). The molecule has 1 atom stereocenters. The summed E-state index contributed by atoms with van der Waals surface area (Å²) in [6.07, 6.45) is 3.26. The van der Waals surface area contributed by atoms with E-state index in [-0.39, 0.29) is 18.5 Å². The van der Waals surface area contributed by atoms with Gasteiger partial charge in [-0.15, -0.1) is 0 Å². The van der Waals surface area contributed by atoms with Crippen LogP contribution in [0.5, 0.6) is 0 Å². The molecule has 0 bridgehead atoms. The Morgan fingerprint density at radius 1 is 1.21 bits per heavy atom. The molecule has 1 aliphatic rings. The van der Waals surface area contributed by atoms with Crippen molar-refractivity contribution in [3.05, 3.63) is 47.9 Å². The van der Waals surface area contributed by atoms with Crippen LogP contribution in [0.1, 0.15) is 24.1 Å². The van der Waals surface area contributed by atoms with Crippen LogP contribution in [-0.2, 0) is 16.1 Å². The molecule has 146 valence electrons. The Balaban J connectivity index is 1.48. The Bertz CT molecular complexity index is 962. The van der Waals surface area contributed by atoms with Crippen molar-refractivity contribution in [3.63, 3.8) is 0 Å². The van der Waals surface area contributed by atoms with Crippen LogP contribution < -0.4 is 10.2 Å². The summed E-state index contributed by atoms with van der Waals surface area (Å²) in [6.45, 7) is 7.06. The van der Waals surface area contributed by atoms with Gasteiger partial charge < -0.3 is 15.0 Å². The van der Waals surface area contributed by atoms with E-state index in [0.29, 0.717) is 18.9 Å². The third-order valence-electron chi connectivity index (χ3n) is 4.97. The predicted molar refractivity (Wildman–Crippen MR) is 106 cm³/mol. The number of nitrogens with zero attached hydrogens (tertiary/aromatic N) is 5. The third-order valence-corrected chi connectivity index (χ3v) is 4.97. The Kier molecular flexibility index (Phi) is 5.21. The van der Waals surface area contributed by atoms with Crippen LogP contribution in [0.25, 0.3) is 11.0 Å². The second-order valence-corrected chi connectivity index (χ2v) is 7.04. The fourth-order valence-electron chi connectivity index (χ4n) is 3.39. The van der Waals surface area contributed by atoms with Crippen molar-refractivity contribution in [1.29, 1.82) is 0 Å². The lowest BCUT2D eigenvalue weighted by Crippen LogP contribution is -2.36.